The van der Waals surface area contributed by atoms with Crippen LogP contribution in [0.5, 0.6) is 0 Å². The Balaban J connectivity index is 1.27. The molecule has 0 radical (unpaired) electrons. The second-order valence-electron chi connectivity index (χ2n) is 17.8. The summed E-state index contributed by atoms with van der Waals surface area (Å²) in [5.41, 5.74) is 10.3. The van der Waals surface area contributed by atoms with Crippen molar-refractivity contribution < 1.29 is 0 Å². The van der Waals surface area contributed by atoms with Gasteiger partial charge in [-0.25, -0.2) is 0 Å². The van der Waals surface area contributed by atoms with Crippen LogP contribution < -0.4 is 0 Å². The Morgan fingerprint density at radius 2 is 0.932 bits per heavy atom. The Labute approximate surface area is 277 Å². The Hall–Kier alpha value is 0.160. The zero-order valence-electron chi connectivity index (χ0n) is 29.8. The summed E-state index contributed by atoms with van der Waals surface area (Å²) in [5, 5.41) is 1.80. The van der Waals surface area contributed by atoms with Crippen molar-refractivity contribution in [2.75, 3.05) is 12.3 Å². The summed E-state index contributed by atoms with van der Waals surface area (Å²) in [6.07, 6.45) is 14.7. The van der Waals surface area contributed by atoms with E-state index in [9.17, 15) is 0 Å². The minimum atomic E-state index is -0.169. The van der Waals surface area contributed by atoms with Crippen LogP contribution in [-0.4, -0.2) is 44.3 Å². The van der Waals surface area contributed by atoms with E-state index in [-0.39, 0.29) is 31.7 Å². The number of rotatable bonds is 7. The number of benzene rings is 2. The van der Waals surface area contributed by atoms with Gasteiger partial charge in [0.15, 0.2) is 0 Å². The Morgan fingerprint density at radius 1 is 0.523 bits per heavy atom. The van der Waals surface area contributed by atoms with E-state index in [1.54, 1.807) is 47.4 Å². The van der Waals surface area contributed by atoms with Gasteiger partial charge in [0.25, 0.3) is 0 Å². The van der Waals surface area contributed by atoms with Crippen LogP contribution in [0.25, 0.3) is 0 Å². The third-order valence-corrected chi connectivity index (χ3v) is 27.8. The smallest absolute Gasteiger partial charge is 0.0161 e. The SMILES string of the molecule is CC(C)(C)[P@]1Cc2ccccc2[C@H]1[C@@H]1c2ccccc2C[P@@]1C(C)(C)CCC(C)(C)[P@@]1CCC[C@@H]1[C@H]1CCC[P@]1C(C)(C)C. The molecule has 0 saturated carbocycles. The lowest BCUT2D eigenvalue weighted by molar-refractivity contribution is 0.514. The van der Waals surface area contributed by atoms with E-state index in [4.69, 9.17) is 0 Å². The molecule has 44 heavy (non-hydrogen) atoms. The number of hydrogen-bond donors (Lipinski definition) is 0. The predicted molar refractivity (Wildman–Crippen MR) is 206 cm³/mol. The molecule has 0 N–H and O–H groups in total. The van der Waals surface area contributed by atoms with E-state index in [2.05, 4.69) is 118 Å². The lowest BCUT2D eigenvalue weighted by Crippen LogP contribution is -2.32. The van der Waals surface area contributed by atoms with Crippen LogP contribution in [0.2, 0.25) is 0 Å². The van der Waals surface area contributed by atoms with Gasteiger partial charge in [0.05, 0.1) is 0 Å². The molecule has 0 aromatic heterocycles. The quantitative estimate of drug-likeness (QED) is 0.258. The van der Waals surface area contributed by atoms with Gasteiger partial charge in [-0.3, -0.25) is 0 Å². The molecule has 4 heteroatoms. The second-order valence-corrected chi connectivity index (χ2v) is 30.6. The van der Waals surface area contributed by atoms with Gasteiger partial charge in [-0.2, -0.15) is 0 Å². The van der Waals surface area contributed by atoms with Crippen LogP contribution in [0.1, 0.15) is 141 Å². The summed E-state index contributed by atoms with van der Waals surface area (Å²) >= 11 is 0. The molecule has 6 rings (SSSR count). The normalized spacial score (nSPS) is 32.7. The summed E-state index contributed by atoms with van der Waals surface area (Å²) in [6.45, 7) is 26.2. The second kappa shape index (κ2) is 12.6. The Morgan fingerprint density at radius 3 is 1.45 bits per heavy atom. The van der Waals surface area contributed by atoms with Gasteiger partial charge in [0.1, 0.15) is 0 Å². The molecule has 0 amide bonds. The summed E-state index contributed by atoms with van der Waals surface area (Å²) in [7, 11) is -0.0225. The van der Waals surface area contributed by atoms with E-state index in [0.29, 0.717) is 31.9 Å². The van der Waals surface area contributed by atoms with Crippen LogP contribution in [0.3, 0.4) is 0 Å². The van der Waals surface area contributed by atoms with E-state index >= 15 is 0 Å². The fourth-order valence-corrected chi connectivity index (χ4v) is 25.7. The van der Waals surface area contributed by atoms with Crippen molar-refractivity contribution in [3.63, 3.8) is 0 Å². The maximum atomic E-state index is 2.72. The first-order valence-corrected chi connectivity index (χ1v) is 24.2. The van der Waals surface area contributed by atoms with Crippen molar-refractivity contribution in [3.8, 4) is 0 Å². The largest absolute Gasteiger partial charge is 0.0974 e. The van der Waals surface area contributed by atoms with Crippen LogP contribution in [-0.2, 0) is 12.3 Å². The molecule has 0 unspecified atom stereocenters. The average Bonchev–Trinajstić information content (AvgIpc) is 3.74. The summed E-state index contributed by atoms with van der Waals surface area (Å²) in [6, 6.07) is 19.3. The molecule has 2 aromatic carbocycles. The van der Waals surface area contributed by atoms with Crippen molar-refractivity contribution in [2.45, 2.75) is 163 Å². The van der Waals surface area contributed by atoms with Gasteiger partial charge in [-0.05, 0) is 117 Å². The van der Waals surface area contributed by atoms with Crippen molar-refractivity contribution in [1.29, 1.82) is 0 Å². The highest BCUT2D eigenvalue weighted by Gasteiger charge is 2.52. The lowest BCUT2D eigenvalue weighted by atomic mass is 9.97. The molecule has 242 valence electrons. The summed E-state index contributed by atoms with van der Waals surface area (Å²) in [4.78, 5) is 0. The van der Waals surface area contributed by atoms with Crippen LogP contribution >= 0.6 is 31.7 Å². The van der Waals surface area contributed by atoms with Crippen molar-refractivity contribution >= 4 is 31.7 Å². The molecule has 0 spiro atoms. The van der Waals surface area contributed by atoms with Gasteiger partial charge >= 0.3 is 0 Å². The van der Waals surface area contributed by atoms with Crippen LogP contribution in [0, 0.1) is 0 Å². The third kappa shape index (κ3) is 6.46. The first-order valence-electron chi connectivity index (χ1n) is 17.8. The van der Waals surface area contributed by atoms with Gasteiger partial charge in [-0.15, -0.1) is 0 Å². The lowest BCUT2D eigenvalue weighted by Gasteiger charge is -2.46. The highest BCUT2D eigenvalue weighted by atomic mass is 31.1. The van der Waals surface area contributed by atoms with Crippen molar-refractivity contribution in [3.05, 3.63) is 70.8 Å². The molecular weight excluding hydrogens is 604 g/mol. The van der Waals surface area contributed by atoms with Crippen LogP contribution in [0.4, 0.5) is 0 Å². The highest BCUT2D eigenvalue weighted by Crippen LogP contribution is 2.82. The molecular formula is C40H62P4. The molecule has 2 aromatic rings. The Bertz CT molecular complexity index is 1310. The standard InChI is InChI=1S/C40H62P4/c1-37(2,3)41-25-15-21-33(41)34-22-16-26-42(34)39(7,8)23-24-40(9,10)44-28-30-18-12-14-20-32(30)36(44)35-31-19-13-11-17-29(31)27-43(35)38(4,5)6/h11-14,17-20,33-36H,15-16,21-28H2,1-10H3/t33-,34-,35+,36+,41+,42+,43-,44-/m1/s1. The van der Waals surface area contributed by atoms with Gasteiger partial charge < -0.3 is 0 Å². The topological polar surface area (TPSA) is 0 Å². The number of fused-ring (bicyclic) bond motifs is 2. The fourth-order valence-electron chi connectivity index (χ4n) is 9.63. The van der Waals surface area contributed by atoms with E-state index < -0.39 is 0 Å². The van der Waals surface area contributed by atoms with Crippen molar-refractivity contribution in [1.82, 2.24) is 0 Å². The highest BCUT2D eigenvalue weighted by molar-refractivity contribution is 7.65. The molecule has 0 aliphatic carbocycles. The number of hydrogen-bond acceptors (Lipinski definition) is 0. The minimum absolute atomic E-state index is 0.101. The Kier molecular flexibility index (Phi) is 9.71. The zero-order valence-corrected chi connectivity index (χ0v) is 33.4. The molecule has 4 aliphatic heterocycles. The first kappa shape index (κ1) is 34.0. The molecule has 0 bridgehead atoms. The van der Waals surface area contributed by atoms with E-state index in [1.165, 1.54) is 38.0 Å². The monoisotopic (exact) mass is 666 g/mol. The average molecular weight is 667 g/mol. The molecule has 4 aliphatic rings. The summed E-state index contributed by atoms with van der Waals surface area (Å²) < 4.78 is 0. The predicted octanol–water partition coefficient (Wildman–Crippen LogP) is 13.7. The van der Waals surface area contributed by atoms with Gasteiger partial charge in [0, 0.05) is 11.3 Å². The maximum absolute atomic E-state index is 2.72. The fraction of sp³-hybridized carbons (Fsp3) is 0.700. The van der Waals surface area contributed by atoms with Gasteiger partial charge in [-0.1, -0.05) is 149 Å². The summed E-state index contributed by atoms with van der Waals surface area (Å²) in [5.74, 6) is 0. The molecule has 0 nitrogen and oxygen atoms in total. The van der Waals surface area contributed by atoms with E-state index in [1.807, 2.05) is 0 Å². The molecule has 2 saturated heterocycles. The minimum Gasteiger partial charge on any atom is -0.0974 e. The van der Waals surface area contributed by atoms with Crippen LogP contribution in [0.15, 0.2) is 48.5 Å². The molecule has 4 heterocycles. The van der Waals surface area contributed by atoms with Gasteiger partial charge in [0.2, 0.25) is 0 Å². The zero-order chi connectivity index (χ0) is 31.7. The van der Waals surface area contributed by atoms with E-state index in [0.717, 1.165) is 11.3 Å². The van der Waals surface area contributed by atoms with Crippen molar-refractivity contribution in [2.24, 2.45) is 0 Å². The molecule has 2 fully saturated rings. The maximum Gasteiger partial charge on any atom is 0.0161 e. The first-order chi connectivity index (χ1) is 20.6. The third-order valence-electron chi connectivity index (χ3n) is 12.1. The molecule has 8 atom stereocenters.